The number of ether oxygens (including phenoxy) is 2. The third-order valence-electron chi connectivity index (χ3n) is 4.84. The molecule has 29 heavy (non-hydrogen) atoms. The summed E-state index contributed by atoms with van der Waals surface area (Å²) in [6.45, 7) is 8.03. The minimum Gasteiger partial charge on any atom is -0.464 e. The van der Waals surface area contributed by atoms with Crippen LogP contribution in [0.15, 0.2) is 12.2 Å². The van der Waals surface area contributed by atoms with Crippen molar-refractivity contribution in [3.8, 4) is 0 Å². The van der Waals surface area contributed by atoms with Gasteiger partial charge in [0, 0.05) is 52.1 Å². The fraction of sp³-hybridized carbons (Fsp3) is 0.700. The van der Waals surface area contributed by atoms with Gasteiger partial charge in [0.1, 0.15) is 6.61 Å². The summed E-state index contributed by atoms with van der Waals surface area (Å²) in [5, 5.41) is 0. The number of esters is 2. The first-order valence-corrected chi connectivity index (χ1v) is 10.0. The van der Waals surface area contributed by atoms with Crippen molar-refractivity contribution in [2.24, 2.45) is 5.92 Å². The van der Waals surface area contributed by atoms with Crippen LogP contribution in [0.1, 0.15) is 27.2 Å². The molecule has 0 radical (unpaired) electrons. The lowest BCUT2D eigenvalue weighted by Gasteiger charge is -2.40. The molecule has 9 nitrogen and oxygen atoms in total. The van der Waals surface area contributed by atoms with E-state index in [0.717, 1.165) is 0 Å². The van der Waals surface area contributed by atoms with Gasteiger partial charge < -0.3 is 19.3 Å². The number of piperazine rings is 1. The predicted molar refractivity (Wildman–Crippen MR) is 105 cm³/mol. The Hall–Kier alpha value is -2.42. The van der Waals surface area contributed by atoms with Crippen LogP contribution in [0.5, 0.6) is 0 Å². The van der Waals surface area contributed by atoms with E-state index in [2.05, 4.69) is 0 Å². The Morgan fingerprint density at radius 3 is 2.59 bits per heavy atom. The van der Waals surface area contributed by atoms with Gasteiger partial charge in [0.2, 0.25) is 11.8 Å². The van der Waals surface area contributed by atoms with Crippen LogP contribution in [0.25, 0.3) is 0 Å². The Morgan fingerprint density at radius 1 is 1.21 bits per heavy atom. The van der Waals surface area contributed by atoms with Crippen LogP contribution >= 0.6 is 0 Å². The molecule has 1 fully saturated rings. The molecular formula is C20H31N3O6. The maximum atomic E-state index is 12.6. The lowest BCUT2D eigenvalue weighted by molar-refractivity contribution is -0.150. The first-order valence-electron chi connectivity index (χ1n) is 10.0. The molecular weight excluding hydrogens is 378 g/mol. The van der Waals surface area contributed by atoms with Crippen molar-refractivity contribution in [3.05, 3.63) is 12.2 Å². The first kappa shape index (κ1) is 22.9. The maximum absolute atomic E-state index is 12.6. The zero-order valence-electron chi connectivity index (χ0n) is 17.5. The van der Waals surface area contributed by atoms with E-state index in [1.165, 1.54) is 13.0 Å². The lowest BCUT2D eigenvalue weighted by atomic mass is 10.1. The number of carbonyl (C=O) groups is 4. The van der Waals surface area contributed by atoms with E-state index >= 15 is 0 Å². The molecule has 0 aromatic heterocycles. The van der Waals surface area contributed by atoms with Gasteiger partial charge in [0.05, 0.1) is 19.2 Å². The molecule has 2 heterocycles. The summed E-state index contributed by atoms with van der Waals surface area (Å²) in [7, 11) is 0. The summed E-state index contributed by atoms with van der Waals surface area (Å²) in [5.41, 5.74) is 0. The number of nitrogens with zero attached hydrogens (tertiary/aromatic N) is 3. The predicted octanol–water partition coefficient (Wildman–Crippen LogP) is 0.0500. The van der Waals surface area contributed by atoms with Crippen molar-refractivity contribution in [1.82, 2.24) is 14.7 Å². The summed E-state index contributed by atoms with van der Waals surface area (Å²) < 4.78 is 10.4. The molecule has 9 heteroatoms. The monoisotopic (exact) mass is 409 g/mol. The smallest absolute Gasteiger partial charge is 0.320 e. The van der Waals surface area contributed by atoms with Crippen LogP contribution in [-0.4, -0.2) is 97.0 Å². The molecule has 1 saturated heterocycles. The highest BCUT2D eigenvalue weighted by atomic mass is 16.5. The van der Waals surface area contributed by atoms with Crippen LogP contribution in [-0.2, 0) is 28.7 Å². The Bertz CT molecular complexity index is 648. The van der Waals surface area contributed by atoms with E-state index in [4.69, 9.17) is 9.47 Å². The van der Waals surface area contributed by atoms with Crippen LogP contribution in [0.2, 0.25) is 0 Å². The van der Waals surface area contributed by atoms with E-state index in [1.807, 2.05) is 18.7 Å². The molecule has 0 N–H and O–H groups in total. The average molecular weight is 409 g/mol. The molecule has 2 aliphatic heterocycles. The molecule has 1 atom stereocenters. The SMILES string of the molecule is CC(=O)OCC1CN(C(=O)CCN2CC=CC2=O)CCN1CC(=O)OCC(C)C. The second-order valence-electron chi connectivity index (χ2n) is 7.78. The number of amides is 2. The summed E-state index contributed by atoms with van der Waals surface area (Å²) in [4.78, 5) is 52.8. The number of carbonyl (C=O) groups excluding carboxylic acids is 4. The molecule has 0 aromatic rings. The van der Waals surface area contributed by atoms with Gasteiger partial charge in [-0.1, -0.05) is 19.9 Å². The van der Waals surface area contributed by atoms with Crippen molar-refractivity contribution in [2.45, 2.75) is 33.2 Å². The van der Waals surface area contributed by atoms with Gasteiger partial charge >= 0.3 is 11.9 Å². The Kier molecular flexibility index (Phi) is 8.63. The van der Waals surface area contributed by atoms with Gasteiger partial charge in [-0.15, -0.1) is 0 Å². The Morgan fingerprint density at radius 2 is 1.97 bits per heavy atom. The van der Waals surface area contributed by atoms with Crippen molar-refractivity contribution < 1.29 is 28.7 Å². The molecule has 0 saturated carbocycles. The minimum absolute atomic E-state index is 0.0560. The maximum Gasteiger partial charge on any atom is 0.320 e. The van der Waals surface area contributed by atoms with Crippen molar-refractivity contribution in [2.75, 3.05) is 52.5 Å². The molecule has 0 spiro atoms. The van der Waals surface area contributed by atoms with E-state index in [9.17, 15) is 19.2 Å². The average Bonchev–Trinajstić information content (AvgIpc) is 3.08. The highest BCUT2D eigenvalue weighted by Gasteiger charge is 2.32. The third kappa shape index (κ3) is 7.49. The molecule has 2 amide bonds. The summed E-state index contributed by atoms with van der Waals surface area (Å²) in [5.74, 6) is -0.611. The highest BCUT2D eigenvalue weighted by Crippen LogP contribution is 2.13. The number of hydrogen-bond donors (Lipinski definition) is 0. The van der Waals surface area contributed by atoms with E-state index < -0.39 is 5.97 Å². The molecule has 162 valence electrons. The largest absolute Gasteiger partial charge is 0.464 e. The van der Waals surface area contributed by atoms with Crippen LogP contribution < -0.4 is 0 Å². The lowest BCUT2D eigenvalue weighted by Crippen LogP contribution is -2.57. The van der Waals surface area contributed by atoms with Gasteiger partial charge in [0.25, 0.3) is 0 Å². The van der Waals surface area contributed by atoms with E-state index in [1.54, 1.807) is 15.9 Å². The Labute approximate surface area is 171 Å². The van der Waals surface area contributed by atoms with Gasteiger partial charge in [-0.05, 0) is 5.92 Å². The summed E-state index contributed by atoms with van der Waals surface area (Å²) in [6.07, 6.45) is 3.53. The molecule has 1 unspecified atom stereocenters. The van der Waals surface area contributed by atoms with Gasteiger partial charge in [-0.3, -0.25) is 24.1 Å². The second-order valence-corrected chi connectivity index (χ2v) is 7.78. The first-order chi connectivity index (χ1) is 13.8. The van der Waals surface area contributed by atoms with Gasteiger partial charge in [0.15, 0.2) is 0 Å². The van der Waals surface area contributed by atoms with E-state index in [0.29, 0.717) is 39.3 Å². The minimum atomic E-state index is -0.407. The Balaban J connectivity index is 1.88. The van der Waals surface area contributed by atoms with Crippen LogP contribution in [0, 0.1) is 5.92 Å². The summed E-state index contributed by atoms with van der Waals surface area (Å²) in [6, 6.07) is -0.279. The normalized spacial score (nSPS) is 19.7. The van der Waals surface area contributed by atoms with Crippen LogP contribution in [0.3, 0.4) is 0 Å². The van der Waals surface area contributed by atoms with Gasteiger partial charge in [-0.25, -0.2) is 0 Å². The van der Waals surface area contributed by atoms with Crippen molar-refractivity contribution in [1.29, 1.82) is 0 Å². The molecule has 0 aliphatic carbocycles. The quantitative estimate of drug-likeness (QED) is 0.497. The van der Waals surface area contributed by atoms with E-state index in [-0.39, 0.29) is 49.3 Å². The topological polar surface area (TPSA) is 96.5 Å². The number of rotatable bonds is 9. The van der Waals surface area contributed by atoms with Crippen molar-refractivity contribution >= 4 is 23.8 Å². The second kappa shape index (κ2) is 10.9. The zero-order chi connectivity index (χ0) is 21.4. The molecule has 0 bridgehead atoms. The standard InChI is InChI=1S/C20H31N3O6/c1-15(2)13-29-20(27)12-22-9-10-23(11-17(22)14-28-16(3)24)19(26)6-8-21-7-4-5-18(21)25/h4-5,15,17H,6-14H2,1-3H3. The fourth-order valence-electron chi connectivity index (χ4n) is 3.24. The van der Waals surface area contributed by atoms with Crippen LogP contribution in [0.4, 0.5) is 0 Å². The van der Waals surface area contributed by atoms with Gasteiger partial charge in [-0.2, -0.15) is 0 Å². The summed E-state index contributed by atoms with van der Waals surface area (Å²) >= 11 is 0. The highest BCUT2D eigenvalue weighted by molar-refractivity contribution is 5.90. The zero-order valence-corrected chi connectivity index (χ0v) is 17.5. The molecule has 2 aliphatic rings. The number of hydrogen-bond acceptors (Lipinski definition) is 7. The molecule has 0 aromatic carbocycles. The fourth-order valence-corrected chi connectivity index (χ4v) is 3.24. The third-order valence-corrected chi connectivity index (χ3v) is 4.84. The molecule has 2 rings (SSSR count). The van der Waals surface area contributed by atoms with Crippen molar-refractivity contribution in [3.63, 3.8) is 0 Å².